The largest absolute Gasteiger partial charge is 0.468 e. The molecular formula is C12H23NO3. The zero-order valence-electron chi connectivity index (χ0n) is 11.2. The van der Waals surface area contributed by atoms with Crippen molar-refractivity contribution in [1.82, 2.24) is 4.90 Å². The SMILES string of the molecule is COC(=O)C(C)(C)C(=O)N(C)CCC(C)C. The van der Waals surface area contributed by atoms with Crippen molar-refractivity contribution < 1.29 is 14.3 Å². The van der Waals surface area contributed by atoms with Gasteiger partial charge in [-0.25, -0.2) is 0 Å². The van der Waals surface area contributed by atoms with Gasteiger partial charge in [-0.15, -0.1) is 0 Å². The molecule has 0 aliphatic rings. The second-order valence-electron chi connectivity index (χ2n) is 5.03. The van der Waals surface area contributed by atoms with Crippen LogP contribution in [0.2, 0.25) is 0 Å². The maximum atomic E-state index is 12.0. The highest BCUT2D eigenvalue weighted by molar-refractivity contribution is 6.01. The highest BCUT2D eigenvalue weighted by Gasteiger charge is 2.39. The van der Waals surface area contributed by atoms with Gasteiger partial charge in [0.05, 0.1) is 7.11 Å². The van der Waals surface area contributed by atoms with Crippen molar-refractivity contribution >= 4 is 11.9 Å². The third-order valence-electron chi connectivity index (χ3n) is 2.62. The molecule has 0 N–H and O–H groups in total. The molecule has 94 valence electrons. The number of esters is 1. The van der Waals surface area contributed by atoms with E-state index in [1.165, 1.54) is 7.11 Å². The number of ether oxygens (including phenoxy) is 1. The smallest absolute Gasteiger partial charge is 0.320 e. The van der Waals surface area contributed by atoms with Gasteiger partial charge in [-0.05, 0) is 26.2 Å². The van der Waals surface area contributed by atoms with E-state index in [1.54, 1.807) is 25.8 Å². The zero-order valence-corrected chi connectivity index (χ0v) is 11.2. The minimum absolute atomic E-state index is 0.194. The number of methoxy groups -OCH3 is 1. The van der Waals surface area contributed by atoms with Crippen LogP contribution in [-0.4, -0.2) is 37.5 Å². The van der Waals surface area contributed by atoms with Crippen LogP contribution in [0.3, 0.4) is 0 Å². The molecule has 0 unspecified atom stereocenters. The second-order valence-corrected chi connectivity index (χ2v) is 5.03. The third kappa shape index (κ3) is 3.83. The van der Waals surface area contributed by atoms with Gasteiger partial charge in [-0.3, -0.25) is 9.59 Å². The minimum atomic E-state index is -1.10. The topological polar surface area (TPSA) is 46.6 Å². The number of hydrogen-bond donors (Lipinski definition) is 0. The van der Waals surface area contributed by atoms with Gasteiger partial charge in [0.25, 0.3) is 0 Å². The number of carbonyl (C=O) groups excluding carboxylic acids is 2. The van der Waals surface area contributed by atoms with Crippen molar-refractivity contribution in [3.8, 4) is 0 Å². The molecule has 0 spiro atoms. The Bertz CT molecular complexity index is 259. The average molecular weight is 229 g/mol. The lowest BCUT2D eigenvalue weighted by molar-refractivity contribution is -0.160. The molecule has 0 heterocycles. The van der Waals surface area contributed by atoms with E-state index in [4.69, 9.17) is 0 Å². The summed E-state index contributed by atoms with van der Waals surface area (Å²) in [5, 5.41) is 0. The Balaban J connectivity index is 4.48. The number of carbonyl (C=O) groups is 2. The third-order valence-corrected chi connectivity index (χ3v) is 2.62. The van der Waals surface area contributed by atoms with Gasteiger partial charge in [0.2, 0.25) is 5.91 Å². The van der Waals surface area contributed by atoms with Gasteiger partial charge < -0.3 is 9.64 Å². The summed E-state index contributed by atoms with van der Waals surface area (Å²) in [5.74, 6) is -0.148. The Hall–Kier alpha value is -1.06. The molecule has 0 bridgehead atoms. The molecule has 1 amide bonds. The fourth-order valence-corrected chi connectivity index (χ4v) is 1.37. The fraction of sp³-hybridized carbons (Fsp3) is 0.833. The molecule has 0 aromatic carbocycles. The van der Waals surface area contributed by atoms with E-state index in [0.29, 0.717) is 12.5 Å². The number of hydrogen-bond acceptors (Lipinski definition) is 3. The van der Waals surface area contributed by atoms with Crippen LogP contribution >= 0.6 is 0 Å². The Labute approximate surface area is 98.0 Å². The molecule has 0 radical (unpaired) electrons. The van der Waals surface area contributed by atoms with Crippen LogP contribution in [-0.2, 0) is 14.3 Å². The van der Waals surface area contributed by atoms with Gasteiger partial charge in [-0.1, -0.05) is 13.8 Å². The summed E-state index contributed by atoms with van der Waals surface area (Å²) < 4.78 is 4.63. The van der Waals surface area contributed by atoms with Crippen LogP contribution in [0.1, 0.15) is 34.1 Å². The van der Waals surface area contributed by atoms with Gasteiger partial charge in [0.15, 0.2) is 0 Å². The Morgan fingerprint density at radius 1 is 1.31 bits per heavy atom. The van der Waals surface area contributed by atoms with E-state index in [2.05, 4.69) is 18.6 Å². The van der Waals surface area contributed by atoms with Crippen molar-refractivity contribution in [2.24, 2.45) is 11.3 Å². The fourth-order valence-electron chi connectivity index (χ4n) is 1.37. The van der Waals surface area contributed by atoms with Crippen molar-refractivity contribution in [3.63, 3.8) is 0 Å². The summed E-state index contributed by atoms with van der Waals surface area (Å²) in [4.78, 5) is 25.0. The molecule has 0 aliphatic carbocycles. The van der Waals surface area contributed by atoms with Gasteiger partial charge in [0.1, 0.15) is 5.41 Å². The van der Waals surface area contributed by atoms with E-state index in [-0.39, 0.29) is 5.91 Å². The monoisotopic (exact) mass is 229 g/mol. The highest BCUT2D eigenvalue weighted by Crippen LogP contribution is 2.20. The molecule has 16 heavy (non-hydrogen) atoms. The number of nitrogens with zero attached hydrogens (tertiary/aromatic N) is 1. The normalized spacial score (nSPS) is 11.4. The molecule has 0 rings (SSSR count). The maximum absolute atomic E-state index is 12.0. The Kier molecular flexibility index (Phi) is 5.48. The molecule has 0 atom stereocenters. The summed E-state index contributed by atoms with van der Waals surface area (Å²) in [6, 6.07) is 0. The second kappa shape index (κ2) is 5.87. The predicted molar refractivity (Wildman–Crippen MR) is 62.9 cm³/mol. The molecule has 0 saturated heterocycles. The van der Waals surface area contributed by atoms with E-state index in [1.807, 2.05) is 0 Å². The quantitative estimate of drug-likeness (QED) is 0.532. The van der Waals surface area contributed by atoms with Crippen molar-refractivity contribution in [2.75, 3.05) is 20.7 Å². The first-order valence-corrected chi connectivity index (χ1v) is 5.57. The first kappa shape index (κ1) is 14.9. The van der Waals surface area contributed by atoms with Crippen molar-refractivity contribution in [1.29, 1.82) is 0 Å². The first-order valence-electron chi connectivity index (χ1n) is 5.57. The number of amides is 1. The number of rotatable bonds is 5. The van der Waals surface area contributed by atoms with E-state index >= 15 is 0 Å². The molecule has 0 fully saturated rings. The van der Waals surface area contributed by atoms with Crippen LogP contribution in [0, 0.1) is 11.3 Å². The van der Waals surface area contributed by atoms with Crippen LogP contribution in [0.25, 0.3) is 0 Å². The average Bonchev–Trinajstić information content (AvgIpc) is 2.23. The van der Waals surface area contributed by atoms with Crippen LogP contribution in [0.15, 0.2) is 0 Å². The molecule has 4 heteroatoms. The molecule has 0 saturated carbocycles. The molecule has 0 aromatic heterocycles. The summed E-state index contributed by atoms with van der Waals surface area (Å²) >= 11 is 0. The van der Waals surface area contributed by atoms with Crippen LogP contribution < -0.4 is 0 Å². The Morgan fingerprint density at radius 3 is 2.19 bits per heavy atom. The summed E-state index contributed by atoms with van der Waals surface area (Å²) in [7, 11) is 3.01. The summed E-state index contributed by atoms with van der Waals surface area (Å²) in [6.07, 6.45) is 0.930. The van der Waals surface area contributed by atoms with E-state index in [9.17, 15) is 9.59 Å². The first-order chi connectivity index (χ1) is 7.23. The molecular weight excluding hydrogens is 206 g/mol. The Morgan fingerprint density at radius 2 is 1.81 bits per heavy atom. The van der Waals surface area contributed by atoms with Gasteiger partial charge in [0, 0.05) is 13.6 Å². The maximum Gasteiger partial charge on any atom is 0.320 e. The highest BCUT2D eigenvalue weighted by atomic mass is 16.5. The molecule has 0 aliphatic heterocycles. The zero-order chi connectivity index (χ0) is 12.9. The van der Waals surface area contributed by atoms with Crippen LogP contribution in [0.5, 0.6) is 0 Å². The lowest BCUT2D eigenvalue weighted by atomic mass is 9.91. The van der Waals surface area contributed by atoms with Crippen molar-refractivity contribution in [2.45, 2.75) is 34.1 Å². The molecule has 4 nitrogen and oxygen atoms in total. The summed E-state index contributed by atoms with van der Waals surface area (Å²) in [5.41, 5.74) is -1.10. The molecule has 0 aromatic rings. The van der Waals surface area contributed by atoms with Gasteiger partial charge in [-0.2, -0.15) is 0 Å². The lowest BCUT2D eigenvalue weighted by Gasteiger charge is -2.27. The van der Waals surface area contributed by atoms with E-state index in [0.717, 1.165) is 6.42 Å². The van der Waals surface area contributed by atoms with E-state index < -0.39 is 11.4 Å². The summed E-state index contributed by atoms with van der Waals surface area (Å²) in [6.45, 7) is 8.05. The van der Waals surface area contributed by atoms with Crippen LogP contribution in [0.4, 0.5) is 0 Å². The standard InChI is InChI=1S/C12H23NO3/c1-9(2)7-8-13(5)10(14)12(3,4)11(15)16-6/h9H,7-8H2,1-6H3. The van der Waals surface area contributed by atoms with Crippen molar-refractivity contribution in [3.05, 3.63) is 0 Å². The van der Waals surface area contributed by atoms with Gasteiger partial charge >= 0.3 is 5.97 Å². The minimum Gasteiger partial charge on any atom is -0.468 e. The predicted octanol–water partition coefficient (Wildman–Crippen LogP) is 1.69. The lowest BCUT2D eigenvalue weighted by Crippen LogP contribution is -2.44.